The molecule has 0 aliphatic heterocycles. The predicted molar refractivity (Wildman–Crippen MR) is 71.5 cm³/mol. The second kappa shape index (κ2) is 8.01. The molecule has 1 atom stereocenters. The highest BCUT2D eigenvalue weighted by molar-refractivity contribution is 5.86. The van der Waals surface area contributed by atoms with Crippen LogP contribution in [-0.4, -0.2) is 26.1 Å². The summed E-state index contributed by atoms with van der Waals surface area (Å²) in [5.74, 6) is 0.0937. The third kappa shape index (κ3) is 4.59. The van der Waals surface area contributed by atoms with Crippen molar-refractivity contribution in [2.24, 2.45) is 5.92 Å². The molecular weight excluding hydrogens is 228 g/mol. The molecule has 3 nitrogen and oxygen atoms in total. The van der Waals surface area contributed by atoms with Gasteiger partial charge in [0.15, 0.2) is 5.78 Å². The minimum Gasteiger partial charge on any atom is -0.385 e. The zero-order chi connectivity index (χ0) is 13.4. The molecule has 1 aromatic rings. The monoisotopic (exact) mass is 250 g/mol. The number of carbonyl (C=O) groups excluding carboxylic acids is 1. The van der Waals surface area contributed by atoms with Crippen LogP contribution in [0.2, 0.25) is 0 Å². The molecule has 0 aliphatic rings. The Kier molecular flexibility index (Phi) is 6.61. The maximum Gasteiger partial charge on any atom is 0.168 e. The van der Waals surface area contributed by atoms with Crippen LogP contribution in [0.1, 0.15) is 31.9 Å². The van der Waals surface area contributed by atoms with Crippen molar-refractivity contribution in [1.82, 2.24) is 0 Å². The summed E-state index contributed by atoms with van der Waals surface area (Å²) < 4.78 is 10.7. The fourth-order valence-corrected chi connectivity index (χ4v) is 1.68. The minimum absolute atomic E-state index is 0.0300. The molecule has 3 heteroatoms. The predicted octanol–water partition coefficient (Wildman–Crippen LogP) is 3.01. The summed E-state index contributed by atoms with van der Waals surface area (Å²) in [6.07, 6.45) is 0.341. The Balaban J connectivity index is 2.67. The Bertz CT molecular complexity index is 346. The molecule has 0 saturated heterocycles. The van der Waals surface area contributed by atoms with Gasteiger partial charge in [-0.25, -0.2) is 0 Å². The smallest absolute Gasteiger partial charge is 0.168 e. The molecular formula is C15H22O3. The Morgan fingerprint density at radius 1 is 1.17 bits per heavy atom. The van der Waals surface area contributed by atoms with Gasteiger partial charge in [0, 0.05) is 19.6 Å². The zero-order valence-electron chi connectivity index (χ0n) is 11.4. The largest absolute Gasteiger partial charge is 0.385 e. The highest BCUT2D eigenvalue weighted by Gasteiger charge is 2.23. The van der Waals surface area contributed by atoms with Gasteiger partial charge in [-0.05, 0) is 12.0 Å². The number of rotatable bonds is 8. The van der Waals surface area contributed by atoms with Crippen LogP contribution in [0.25, 0.3) is 0 Å². The van der Waals surface area contributed by atoms with Crippen LogP contribution in [0.3, 0.4) is 0 Å². The van der Waals surface area contributed by atoms with Crippen LogP contribution in [-0.2, 0) is 14.3 Å². The Morgan fingerprint density at radius 2 is 1.83 bits per heavy atom. The van der Waals surface area contributed by atoms with Gasteiger partial charge in [-0.3, -0.25) is 4.79 Å². The van der Waals surface area contributed by atoms with Gasteiger partial charge in [-0.1, -0.05) is 44.2 Å². The quantitative estimate of drug-likeness (QED) is 0.665. The Labute approximate surface area is 109 Å². The molecule has 1 aromatic carbocycles. The number of Topliss-reactive ketones (excluding diaryl/α,β-unsaturated/α-hetero) is 1. The molecule has 0 aromatic heterocycles. The summed E-state index contributed by atoms with van der Waals surface area (Å²) in [6.45, 7) is 4.98. The van der Waals surface area contributed by atoms with Gasteiger partial charge in [-0.15, -0.1) is 0 Å². The molecule has 100 valence electrons. The van der Waals surface area contributed by atoms with Crippen LogP contribution in [0.15, 0.2) is 30.3 Å². The average Bonchev–Trinajstić information content (AvgIpc) is 2.39. The van der Waals surface area contributed by atoms with Crippen molar-refractivity contribution in [2.45, 2.75) is 26.4 Å². The van der Waals surface area contributed by atoms with Gasteiger partial charge in [0.2, 0.25) is 0 Å². The highest BCUT2D eigenvalue weighted by Crippen LogP contribution is 2.22. The number of hydrogen-bond donors (Lipinski definition) is 0. The molecule has 1 unspecified atom stereocenters. The molecule has 1 rings (SSSR count). The zero-order valence-corrected chi connectivity index (χ0v) is 11.4. The number of carbonyl (C=O) groups is 1. The molecule has 0 bridgehead atoms. The molecule has 0 heterocycles. The number of hydrogen-bond acceptors (Lipinski definition) is 3. The highest BCUT2D eigenvalue weighted by atomic mass is 16.5. The summed E-state index contributed by atoms with van der Waals surface area (Å²) in [4.78, 5) is 12.2. The normalized spacial score (nSPS) is 12.7. The van der Waals surface area contributed by atoms with Crippen molar-refractivity contribution in [1.29, 1.82) is 0 Å². The minimum atomic E-state index is -0.456. The van der Waals surface area contributed by atoms with Crippen LogP contribution in [0.5, 0.6) is 0 Å². The topological polar surface area (TPSA) is 35.5 Å². The van der Waals surface area contributed by atoms with Crippen molar-refractivity contribution in [2.75, 3.05) is 20.3 Å². The fraction of sp³-hybridized carbons (Fsp3) is 0.533. The standard InChI is InChI=1S/C15H22O3/c1-12(2)14(16)15(18-11-7-10-17-3)13-8-5-4-6-9-13/h4-6,8-9,12,15H,7,10-11H2,1-3H3. The van der Waals surface area contributed by atoms with Crippen molar-refractivity contribution < 1.29 is 14.3 Å². The van der Waals surface area contributed by atoms with Gasteiger partial charge < -0.3 is 9.47 Å². The molecule has 0 amide bonds. The first-order valence-corrected chi connectivity index (χ1v) is 6.36. The average molecular weight is 250 g/mol. The van der Waals surface area contributed by atoms with E-state index in [0.29, 0.717) is 13.2 Å². The number of methoxy groups -OCH3 is 1. The Morgan fingerprint density at radius 3 is 2.39 bits per heavy atom. The SMILES string of the molecule is COCCCOC(C(=O)C(C)C)c1ccccc1. The van der Waals surface area contributed by atoms with Gasteiger partial charge in [0.1, 0.15) is 6.10 Å². The van der Waals surface area contributed by atoms with Gasteiger partial charge in [0.05, 0.1) is 6.61 Å². The molecule has 18 heavy (non-hydrogen) atoms. The first kappa shape index (κ1) is 14.9. The number of ether oxygens (including phenoxy) is 2. The lowest BCUT2D eigenvalue weighted by Crippen LogP contribution is -2.21. The van der Waals surface area contributed by atoms with E-state index in [0.717, 1.165) is 12.0 Å². The first-order valence-electron chi connectivity index (χ1n) is 6.36. The number of benzene rings is 1. The summed E-state index contributed by atoms with van der Waals surface area (Å²) in [5, 5.41) is 0. The number of ketones is 1. The molecule has 0 aliphatic carbocycles. The molecule has 0 N–H and O–H groups in total. The summed E-state index contributed by atoms with van der Waals surface area (Å²) in [5.41, 5.74) is 0.925. The maximum absolute atomic E-state index is 12.2. The van der Waals surface area contributed by atoms with E-state index in [1.54, 1.807) is 7.11 Å². The van der Waals surface area contributed by atoms with Crippen LogP contribution < -0.4 is 0 Å². The van der Waals surface area contributed by atoms with Gasteiger partial charge in [-0.2, -0.15) is 0 Å². The fourth-order valence-electron chi connectivity index (χ4n) is 1.68. The Hall–Kier alpha value is -1.19. The van der Waals surface area contributed by atoms with Crippen LogP contribution in [0.4, 0.5) is 0 Å². The lowest BCUT2D eigenvalue weighted by Gasteiger charge is -2.19. The molecule has 0 radical (unpaired) electrons. The van der Waals surface area contributed by atoms with E-state index in [-0.39, 0.29) is 11.7 Å². The van der Waals surface area contributed by atoms with Crippen LogP contribution >= 0.6 is 0 Å². The van der Waals surface area contributed by atoms with Gasteiger partial charge in [0.25, 0.3) is 0 Å². The van der Waals surface area contributed by atoms with E-state index in [1.807, 2.05) is 44.2 Å². The maximum atomic E-state index is 12.2. The van der Waals surface area contributed by atoms with E-state index in [9.17, 15) is 4.79 Å². The molecule has 0 spiro atoms. The van der Waals surface area contributed by atoms with Crippen molar-refractivity contribution in [3.63, 3.8) is 0 Å². The second-order valence-electron chi connectivity index (χ2n) is 4.56. The summed E-state index contributed by atoms with van der Waals surface area (Å²) >= 11 is 0. The lowest BCUT2D eigenvalue weighted by molar-refractivity contribution is -0.134. The van der Waals surface area contributed by atoms with E-state index >= 15 is 0 Å². The summed E-state index contributed by atoms with van der Waals surface area (Å²) in [6, 6.07) is 9.65. The van der Waals surface area contributed by atoms with E-state index in [1.165, 1.54) is 0 Å². The summed E-state index contributed by atoms with van der Waals surface area (Å²) in [7, 11) is 1.66. The third-order valence-corrected chi connectivity index (χ3v) is 2.71. The van der Waals surface area contributed by atoms with Crippen molar-refractivity contribution >= 4 is 5.78 Å². The molecule has 0 saturated carbocycles. The molecule has 0 fully saturated rings. The van der Waals surface area contributed by atoms with E-state index < -0.39 is 6.10 Å². The second-order valence-corrected chi connectivity index (χ2v) is 4.56. The van der Waals surface area contributed by atoms with Gasteiger partial charge >= 0.3 is 0 Å². The van der Waals surface area contributed by atoms with E-state index in [4.69, 9.17) is 9.47 Å². The third-order valence-electron chi connectivity index (χ3n) is 2.71. The lowest BCUT2D eigenvalue weighted by atomic mass is 9.98. The van der Waals surface area contributed by atoms with Crippen molar-refractivity contribution in [3.05, 3.63) is 35.9 Å². The van der Waals surface area contributed by atoms with E-state index in [2.05, 4.69) is 0 Å². The van der Waals surface area contributed by atoms with Crippen LogP contribution in [0, 0.1) is 5.92 Å². The van der Waals surface area contributed by atoms with Crippen molar-refractivity contribution in [3.8, 4) is 0 Å². The first-order chi connectivity index (χ1) is 8.66.